The Hall–Kier alpha value is -0.813. The van der Waals surface area contributed by atoms with E-state index < -0.39 is 8.32 Å². The van der Waals surface area contributed by atoms with Gasteiger partial charge in [-0.25, -0.2) is 0 Å². The summed E-state index contributed by atoms with van der Waals surface area (Å²) in [4.78, 5) is 14.0. The maximum Gasteiger partial charge on any atom is 0.310 e. The van der Waals surface area contributed by atoms with Crippen LogP contribution in [0.3, 0.4) is 0 Å². The number of rotatable bonds is 4. The molecule has 21 heavy (non-hydrogen) atoms. The van der Waals surface area contributed by atoms with Gasteiger partial charge in [-0.05, 0) is 44.7 Å². The van der Waals surface area contributed by atoms with Gasteiger partial charge in [0.15, 0.2) is 0 Å². The maximum absolute atomic E-state index is 11.9. The molecular weight excluding hydrogens is 282 g/mol. The zero-order chi connectivity index (χ0) is 16.4. The number of esters is 1. The lowest BCUT2D eigenvalue weighted by atomic mass is 9.88. The van der Waals surface area contributed by atoms with E-state index in [-0.39, 0.29) is 23.0 Å². The lowest BCUT2D eigenvalue weighted by Gasteiger charge is -2.40. The molecule has 0 aromatic heterocycles. The minimum atomic E-state index is -1.82. The summed E-state index contributed by atoms with van der Waals surface area (Å²) < 4.78 is 11.3. The second-order valence-electron chi connectivity index (χ2n) is 7.62. The first-order chi connectivity index (χ1) is 9.49. The van der Waals surface area contributed by atoms with Crippen LogP contribution in [-0.2, 0) is 14.0 Å². The van der Waals surface area contributed by atoms with Gasteiger partial charge in [0.25, 0.3) is 0 Å². The van der Waals surface area contributed by atoms with Crippen molar-refractivity contribution in [1.29, 1.82) is 0 Å². The van der Waals surface area contributed by atoms with Gasteiger partial charge < -0.3 is 14.1 Å². The summed E-state index contributed by atoms with van der Waals surface area (Å²) >= 11 is 0. The number of methoxy groups -OCH3 is 1. The number of hydrogen-bond donors (Lipinski definition) is 0. The molecule has 0 aliphatic heterocycles. The molecule has 0 amide bonds. The highest BCUT2D eigenvalue weighted by atomic mass is 28.4. The Balaban J connectivity index is 2.94. The molecule has 0 bridgehead atoms. The molecule has 0 spiro atoms. The van der Waals surface area contributed by atoms with E-state index in [4.69, 9.17) is 9.16 Å². The first-order valence-electron chi connectivity index (χ1n) is 7.63. The van der Waals surface area contributed by atoms with Crippen molar-refractivity contribution in [3.63, 3.8) is 0 Å². The Labute approximate surface area is 130 Å². The summed E-state index contributed by atoms with van der Waals surface area (Å²) in [6.45, 7) is 11.2. The monoisotopic (exact) mass is 313 g/mol. The molecule has 0 aromatic carbocycles. The second kappa shape index (κ2) is 6.52. The van der Waals surface area contributed by atoms with Crippen LogP contribution in [0.25, 0.3) is 0 Å². The molecule has 0 saturated heterocycles. The highest BCUT2D eigenvalue weighted by Gasteiger charge is 2.41. The molecule has 0 N–H and O–H groups in total. The van der Waals surface area contributed by atoms with Crippen molar-refractivity contribution in [2.45, 2.75) is 57.8 Å². The summed E-state index contributed by atoms with van der Waals surface area (Å²) in [5, 5.41) is 0.181. The van der Waals surface area contributed by atoms with Crippen molar-refractivity contribution >= 4 is 14.3 Å². The average Bonchev–Trinajstić information content (AvgIpc) is 2.35. The fraction of sp³-hybridized carbons (Fsp3) is 0.812. The van der Waals surface area contributed by atoms with Crippen molar-refractivity contribution < 1.29 is 14.0 Å². The van der Waals surface area contributed by atoms with Crippen molar-refractivity contribution in [3.8, 4) is 0 Å². The summed E-state index contributed by atoms with van der Waals surface area (Å²) in [7, 11) is 3.63. The molecule has 2 unspecified atom stereocenters. The average molecular weight is 314 g/mol. The van der Waals surface area contributed by atoms with E-state index in [0.29, 0.717) is 0 Å². The fourth-order valence-electron chi connectivity index (χ4n) is 2.34. The minimum Gasteiger partial charge on any atom is -0.547 e. The smallest absolute Gasteiger partial charge is 0.310 e. The minimum absolute atomic E-state index is 0.0472. The molecule has 1 rings (SSSR count). The van der Waals surface area contributed by atoms with E-state index in [1.165, 1.54) is 7.11 Å². The quantitative estimate of drug-likeness (QED) is 0.589. The molecule has 4 nitrogen and oxygen atoms in total. The second-order valence-corrected chi connectivity index (χ2v) is 12.3. The third kappa shape index (κ3) is 4.33. The summed E-state index contributed by atoms with van der Waals surface area (Å²) in [6, 6.07) is 0.0472. The van der Waals surface area contributed by atoms with E-state index in [2.05, 4.69) is 44.8 Å². The molecule has 0 radical (unpaired) electrons. The Morgan fingerprint density at radius 1 is 1.33 bits per heavy atom. The van der Waals surface area contributed by atoms with Crippen molar-refractivity contribution in [2.75, 3.05) is 21.2 Å². The Morgan fingerprint density at radius 3 is 2.33 bits per heavy atom. The van der Waals surface area contributed by atoms with Crippen molar-refractivity contribution in [2.24, 2.45) is 5.92 Å². The number of carbonyl (C=O) groups excluding carboxylic acids is 1. The number of hydrogen-bond acceptors (Lipinski definition) is 4. The molecule has 0 heterocycles. The van der Waals surface area contributed by atoms with Crippen LogP contribution < -0.4 is 0 Å². The van der Waals surface area contributed by atoms with Gasteiger partial charge in [0.1, 0.15) is 0 Å². The first-order valence-corrected chi connectivity index (χ1v) is 10.5. The number of allylic oxidation sites excluding steroid dienone is 1. The standard InChI is InChI=1S/C16H31NO3Si/c1-16(2,3)21(7,8)20-12-9-10-13(15(18)19-6)14(11-12)17(4)5/h11,13-14H,9-10H2,1-8H3. The Bertz CT molecular complexity index is 410. The number of likely N-dealkylation sites (N-methyl/N-ethyl adjacent to an activating group) is 1. The highest BCUT2D eigenvalue weighted by molar-refractivity contribution is 6.74. The Morgan fingerprint density at radius 2 is 1.90 bits per heavy atom. The summed E-state index contributed by atoms with van der Waals surface area (Å²) in [6.07, 6.45) is 3.72. The van der Waals surface area contributed by atoms with Crippen molar-refractivity contribution in [1.82, 2.24) is 4.90 Å². The van der Waals surface area contributed by atoms with Crippen molar-refractivity contribution in [3.05, 3.63) is 11.8 Å². The summed E-state index contributed by atoms with van der Waals surface area (Å²) in [5.41, 5.74) is 0. The summed E-state index contributed by atoms with van der Waals surface area (Å²) in [5.74, 6) is 0.813. The van der Waals surface area contributed by atoms with Crippen LogP contribution in [0.5, 0.6) is 0 Å². The maximum atomic E-state index is 11.9. The van der Waals surface area contributed by atoms with E-state index >= 15 is 0 Å². The number of nitrogens with zero attached hydrogens (tertiary/aromatic N) is 1. The predicted molar refractivity (Wildman–Crippen MR) is 88.6 cm³/mol. The van der Waals surface area contributed by atoms with Gasteiger partial charge >= 0.3 is 5.97 Å². The molecule has 5 heteroatoms. The van der Waals surface area contributed by atoms with Crippen LogP contribution >= 0.6 is 0 Å². The van der Waals surface area contributed by atoms with E-state index in [9.17, 15) is 4.79 Å². The topological polar surface area (TPSA) is 38.8 Å². The van der Waals surface area contributed by atoms with Gasteiger partial charge in [-0.15, -0.1) is 0 Å². The van der Waals surface area contributed by atoms with Crippen LogP contribution in [0.2, 0.25) is 18.1 Å². The molecular formula is C16H31NO3Si. The van der Waals surface area contributed by atoms with Gasteiger partial charge in [0.05, 0.1) is 18.8 Å². The largest absolute Gasteiger partial charge is 0.547 e. The first kappa shape index (κ1) is 18.2. The SMILES string of the molecule is COC(=O)C1CCC(O[Si](C)(C)C(C)(C)C)=CC1N(C)C. The highest BCUT2D eigenvalue weighted by Crippen LogP contribution is 2.40. The molecule has 122 valence electrons. The van der Waals surface area contributed by atoms with Gasteiger partial charge in [0.2, 0.25) is 8.32 Å². The zero-order valence-corrected chi connectivity index (χ0v) is 15.8. The fourth-order valence-corrected chi connectivity index (χ4v) is 3.47. The van der Waals surface area contributed by atoms with Crippen LogP contribution in [0.15, 0.2) is 11.8 Å². The lowest BCUT2D eigenvalue weighted by Crippen LogP contribution is -2.44. The van der Waals surface area contributed by atoms with E-state index in [1.807, 2.05) is 14.1 Å². The van der Waals surface area contributed by atoms with E-state index in [0.717, 1.165) is 18.6 Å². The van der Waals surface area contributed by atoms with Crippen LogP contribution in [0.1, 0.15) is 33.6 Å². The van der Waals surface area contributed by atoms with Crippen LogP contribution in [-0.4, -0.2) is 46.4 Å². The van der Waals surface area contributed by atoms with Gasteiger partial charge in [-0.2, -0.15) is 0 Å². The van der Waals surface area contributed by atoms with Crippen LogP contribution in [0, 0.1) is 5.92 Å². The van der Waals surface area contributed by atoms with E-state index in [1.54, 1.807) is 0 Å². The molecule has 0 aromatic rings. The molecule has 2 atom stereocenters. The normalized spacial score (nSPS) is 23.8. The number of carbonyl (C=O) groups is 1. The van der Waals surface area contributed by atoms with Gasteiger partial charge in [-0.1, -0.05) is 20.8 Å². The molecule has 0 saturated carbocycles. The van der Waals surface area contributed by atoms with Gasteiger partial charge in [0, 0.05) is 12.5 Å². The van der Waals surface area contributed by atoms with Gasteiger partial charge in [-0.3, -0.25) is 4.79 Å². The Kier molecular flexibility index (Phi) is 5.67. The molecule has 1 aliphatic rings. The lowest BCUT2D eigenvalue weighted by molar-refractivity contribution is -0.147. The van der Waals surface area contributed by atoms with Crippen LogP contribution in [0.4, 0.5) is 0 Å². The zero-order valence-electron chi connectivity index (χ0n) is 14.8. The number of ether oxygens (including phenoxy) is 1. The third-order valence-electron chi connectivity index (χ3n) is 4.76. The predicted octanol–water partition coefficient (Wildman–Crippen LogP) is 3.41. The molecule has 1 aliphatic carbocycles. The third-order valence-corrected chi connectivity index (χ3v) is 9.15. The molecule has 0 fully saturated rings.